The van der Waals surface area contributed by atoms with Gasteiger partial charge >= 0.3 is 11.9 Å². The molecule has 0 spiro atoms. The van der Waals surface area contributed by atoms with Crippen molar-refractivity contribution in [1.82, 2.24) is 5.32 Å². The van der Waals surface area contributed by atoms with Gasteiger partial charge in [0.1, 0.15) is 17.7 Å². The number of hydrogen-bond acceptors (Lipinski definition) is 4. The average Bonchev–Trinajstić information content (AvgIpc) is 2.46. The molecule has 0 aliphatic heterocycles. The third-order valence-corrected chi connectivity index (χ3v) is 3.06. The monoisotopic (exact) mass is 329 g/mol. The van der Waals surface area contributed by atoms with E-state index in [4.69, 9.17) is 9.84 Å². The van der Waals surface area contributed by atoms with E-state index in [9.17, 15) is 23.2 Å². The first-order valence-electron chi connectivity index (χ1n) is 6.91. The first-order chi connectivity index (χ1) is 10.8. The van der Waals surface area contributed by atoms with Gasteiger partial charge in [-0.25, -0.2) is 13.6 Å². The summed E-state index contributed by atoms with van der Waals surface area (Å²) < 4.78 is 31.1. The summed E-state index contributed by atoms with van der Waals surface area (Å²) in [5, 5.41) is 11.2. The molecule has 0 radical (unpaired) electrons. The number of amides is 1. The van der Waals surface area contributed by atoms with Crippen molar-refractivity contribution in [2.75, 3.05) is 6.61 Å². The van der Waals surface area contributed by atoms with Crippen molar-refractivity contribution in [2.24, 2.45) is 5.92 Å². The zero-order valence-corrected chi connectivity index (χ0v) is 12.6. The van der Waals surface area contributed by atoms with Crippen molar-refractivity contribution in [2.45, 2.75) is 26.3 Å². The van der Waals surface area contributed by atoms with Crippen molar-refractivity contribution in [3.63, 3.8) is 0 Å². The van der Waals surface area contributed by atoms with Gasteiger partial charge in [-0.3, -0.25) is 9.59 Å². The number of esters is 1. The molecule has 1 rings (SSSR count). The molecule has 0 saturated carbocycles. The van der Waals surface area contributed by atoms with Gasteiger partial charge in [-0.1, -0.05) is 6.92 Å². The number of carboxylic acid groups (broad SMARTS) is 1. The molecule has 0 aromatic heterocycles. The van der Waals surface area contributed by atoms with Crippen LogP contribution >= 0.6 is 0 Å². The second kappa shape index (κ2) is 8.21. The van der Waals surface area contributed by atoms with Crippen LogP contribution in [0.4, 0.5) is 8.78 Å². The molecule has 0 unspecified atom stereocenters. The van der Waals surface area contributed by atoms with Crippen LogP contribution in [0.2, 0.25) is 0 Å². The van der Waals surface area contributed by atoms with Crippen LogP contribution in [0, 0.1) is 17.6 Å². The Hall–Kier alpha value is -2.51. The molecule has 0 bridgehead atoms. The first-order valence-corrected chi connectivity index (χ1v) is 6.91. The fraction of sp³-hybridized carbons (Fsp3) is 0.400. The van der Waals surface area contributed by atoms with Crippen LogP contribution in [0.15, 0.2) is 18.2 Å². The topological polar surface area (TPSA) is 92.7 Å². The van der Waals surface area contributed by atoms with Crippen LogP contribution in [0.5, 0.6) is 0 Å². The molecule has 1 aromatic carbocycles. The van der Waals surface area contributed by atoms with Crippen LogP contribution in [0.3, 0.4) is 0 Å². The van der Waals surface area contributed by atoms with Gasteiger partial charge in [0.15, 0.2) is 0 Å². The van der Waals surface area contributed by atoms with Gasteiger partial charge < -0.3 is 15.2 Å². The fourth-order valence-electron chi connectivity index (χ4n) is 1.87. The summed E-state index contributed by atoms with van der Waals surface area (Å²) in [5.41, 5.74) is -0.485. The fourth-order valence-corrected chi connectivity index (χ4v) is 1.87. The van der Waals surface area contributed by atoms with Crippen molar-refractivity contribution in [3.05, 3.63) is 35.4 Å². The van der Waals surface area contributed by atoms with Gasteiger partial charge in [0.2, 0.25) is 0 Å². The molecule has 2 N–H and O–H groups in total. The maximum atomic E-state index is 13.5. The maximum Gasteiger partial charge on any atom is 0.326 e. The minimum absolute atomic E-state index is 0.147. The standard InChI is InChI=1S/C15H17F2NO5/c1-3-23-15(22)8(2)6-12(14(20)21)18-13(19)10-5-4-9(16)7-11(10)17/h4-5,7-8,12H,3,6H2,1-2H3,(H,18,19)(H,20,21)/t8-,12+/m1/s1. The summed E-state index contributed by atoms with van der Waals surface area (Å²) in [4.78, 5) is 34.6. The highest BCUT2D eigenvalue weighted by molar-refractivity contribution is 5.96. The number of ether oxygens (including phenoxy) is 1. The minimum Gasteiger partial charge on any atom is -0.480 e. The molecule has 126 valence electrons. The zero-order chi connectivity index (χ0) is 17.6. The van der Waals surface area contributed by atoms with Gasteiger partial charge in [0.25, 0.3) is 5.91 Å². The summed E-state index contributed by atoms with van der Waals surface area (Å²) in [5.74, 6) is -5.71. The van der Waals surface area contributed by atoms with Crippen molar-refractivity contribution < 1.29 is 33.0 Å². The molecule has 23 heavy (non-hydrogen) atoms. The summed E-state index contributed by atoms with van der Waals surface area (Å²) >= 11 is 0. The van der Waals surface area contributed by atoms with Gasteiger partial charge in [0.05, 0.1) is 18.1 Å². The molecule has 1 amide bonds. The van der Waals surface area contributed by atoms with Crippen LogP contribution in [-0.2, 0) is 14.3 Å². The van der Waals surface area contributed by atoms with Crippen LogP contribution < -0.4 is 5.32 Å². The van der Waals surface area contributed by atoms with E-state index in [1.165, 1.54) is 6.92 Å². The second-order valence-corrected chi connectivity index (χ2v) is 4.88. The molecular weight excluding hydrogens is 312 g/mol. The van der Waals surface area contributed by atoms with Gasteiger partial charge in [0, 0.05) is 6.07 Å². The quantitative estimate of drug-likeness (QED) is 0.743. The van der Waals surface area contributed by atoms with E-state index in [2.05, 4.69) is 5.32 Å². The second-order valence-electron chi connectivity index (χ2n) is 4.88. The molecule has 8 heteroatoms. The van der Waals surface area contributed by atoms with Crippen molar-refractivity contribution >= 4 is 17.8 Å². The Labute approximate surface area is 131 Å². The van der Waals surface area contributed by atoms with E-state index in [0.29, 0.717) is 6.07 Å². The largest absolute Gasteiger partial charge is 0.480 e. The lowest BCUT2D eigenvalue weighted by Crippen LogP contribution is -2.43. The highest BCUT2D eigenvalue weighted by Crippen LogP contribution is 2.12. The number of carbonyl (C=O) groups is 3. The van der Waals surface area contributed by atoms with Gasteiger partial charge in [-0.2, -0.15) is 0 Å². The number of hydrogen-bond donors (Lipinski definition) is 2. The summed E-state index contributed by atoms with van der Waals surface area (Å²) in [6.07, 6.45) is -0.220. The number of benzene rings is 1. The number of aliphatic carboxylic acids is 1. The molecule has 0 aliphatic rings. The zero-order valence-electron chi connectivity index (χ0n) is 12.6. The number of nitrogens with one attached hydrogen (secondary N) is 1. The normalized spacial score (nSPS) is 13.0. The summed E-state index contributed by atoms with van der Waals surface area (Å²) in [6, 6.07) is 0.903. The van der Waals surface area contributed by atoms with Crippen molar-refractivity contribution in [1.29, 1.82) is 0 Å². The number of rotatable bonds is 7. The van der Waals surface area contributed by atoms with E-state index < -0.39 is 47.0 Å². The molecule has 2 atom stereocenters. The summed E-state index contributed by atoms with van der Waals surface area (Å²) in [6.45, 7) is 3.21. The number of carbonyl (C=O) groups excluding carboxylic acids is 2. The molecule has 6 nitrogen and oxygen atoms in total. The van der Waals surface area contributed by atoms with E-state index in [-0.39, 0.29) is 13.0 Å². The molecule has 0 saturated heterocycles. The smallest absolute Gasteiger partial charge is 0.326 e. The predicted octanol–water partition coefficient (Wildman–Crippen LogP) is 1.74. The minimum atomic E-state index is -1.41. The Kier molecular flexibility index (Phi) is 6.62. The Morgan fingerprint density at radius 3 is 2.48 bits per heavy atom. The van der Waals surface area contributed by atoms with E-state index in [0.717, 1.165) is 12.1 Å². The Bertz CT molecular complexity index is 606. The maximum absolute atomic E-state index is 13.5. The van der Waals surface area contributed by atoms with E-state index in [1.807, 2.05) is 0 Å². The Morgan fingerprint density at radius 1 is 1.30 bits per heavy atom. The van der Waals surface area contributed by atoms with Crippen LogP contribution in [0.25, 0.3) is 0 Å². The predicted molar refractivity (Wildman–Crippen MR) is 75.7 cm³/mol. The first kappa shape index (κ1) is 18.5. The Balaban J connectivity index is 2.81. The molecular formula is C15H17F2NO5. The third-order valence-electron chi connectivity index (χ3n) is 3.06. The lowest BCUT2D eigenvalue weighted by molar-refractivity contribution is -0.148. The highest BCUT2D eigenvalue weighted by Gasteiger charge is 2.27. The Morgan fingerprint density at radius 2 is 1.96 bits per heavy atom. The third kappa shape index (κ3) is 5.32. The van der Waals surface area contributed by atoms with Gasteiger partial charge in [-0.15, -0.1) is 0 Å². The summed E-state index contributed by atoms with van der Waals surface area (Å²) in [7, 11) is 0. The molecule has 0 heterocycles. The van der Waals surface area contributed by atoms with Crippen molar-refractivity contribution in [3.8, 4) is 0 Å². The number of halogens is 2. The van der Waals surface area contributed by atoms with Crippen LogP contribution in [0.1, 0.15) is 30.6 Å². The van der Waals surface area contributed by atoms with E-state index in [1.54, 1.807) is 6.92 Å². The van der Waals surface area contributed by atoms with E-state index >= 15 is 0 Å². The highest BCUT2D eigenvalue weighted by atomic mass is 19.1. The molecule has 0 aliphatic carbocycles. The lowest BCUT2D eigenvalue weighted by Gasteiger charge is -2.18. The molecule has 1 aromatic rings. The van der Waals surface area contributed by atoms with Gasteiger partial charge in [-0.05, 0) is 25.5 Å². The molecule has 0 fully saturated rings. The average molecular weight is 329 g/mol. The number of carboxylic acids is 1. The SMILES string of the molecule is CCOC(=O)[C@H](C)C[C@H](NC(=O)c1ccc(F)cc1F)C(=O)O. The van der Waals surface area contributed by atoms with Crippen LogP contribution in [-0.4, -0.2) is 35.6 Å². The lowest BCUT2D eigenvalue weighted by atomic mass is 10.0.